The van der Waals surface area contributed by atoms with Crippen LogP contribution in [0.4, 0.5) is 0 Å². The SMILES string of the molecule is O=C(CCn1c(=O)[nH][nH]c1=S)N1CCCCC1. The largest absolute Gasteiger partial charge is 0.343 e. The highest BCUT2D eigenvalue weighted by molar-refractivity contribution is 7.71. The summed E-state index contributed by atoms with van der Waals surface area (Å²) < 4.78 is 1.71. The molecule has 0 aliphatic carbocycles. The zero-order valence-electron chi connectivity index (χ0n) is 9.57. The predicted octanol–water partition coefficient (Wildman–Crippen LogP) is 0.637. The molecule has 0 spiro atoms. The summed E-state index contributed by atoms with van der Waals surface area (Å²) in [5, 5.41) is 4.95. The summed E-state index contributed by atoms with van der Waals surface area (Å²) in [6.07, 6.45) is 3.69. The number of H-pyrrole nitrogens is 2. The first kappa shape index (κ1) is 12.1. The molecule has 0 radical (unpaired) electrons. The van der Waals surface area contributed by atoms with E-state index >= 15 is 0 Å². The van der Waals surface area contributed by atoms with Crippen molar-refractivity contribution in [2.45, 2.75) is 32.2 Å². The number of amides is 1. The number of nitrogens with zero attached hydrogens (tertiary/aromatic N) is 2. The minimum absolute atomic E-state index is 0.104. The summed E-state index contributed by atoms with van der Waals surface area (Å²) in [7, 11) is 0. The molecule has 0 unspecified atom stereocenters. The first-order valence-corrected chi connectivity index (χ1v) is 6.24. The standard InChI is InChI=1S/C10H16N4O2S/c15-8(13-5-2-1-3-6-13)4-7-14-9(16)11-12-10(14)17/h1-7H2,(H,11,16)(H,12,17). The number of aromatic amines is 2. The van der Waals surface area contributed by atoms with E-state index in [0.29, 0.717) is 17.7 Å². The lowest BCUT2D eigenvalue weighted by molar-refractivity contribution is -0.132. The monoisotopic (exact) mass is 256 g/mol. The van der Waals surface area contributed by atoms with E-state index in [0.717, 1.165) is 25.9 Å². The van der Waals surface area contributed by atoms with Gasteiger partial charge in [0.05, 0.1) is 0 Å². The zero-order chi connectivity index (χ0) is 12.3. The fourth-order valence-electron chi connectivity index (χ4n) is 2.05. The second-order valence-electron chi connectivity index (χ2n) is 4.20. The van der Waals surface area contributed by atoms with E-state index in [1.165, 1.54) is 11.0 Å². The maximum atomic E-state index is 11.9. The molecule has 1 aromatic rings. The van der Waals surface area contributed by atoms with Crippen LogP contribution < -0.4 is 5.69 Å². The lowest BCUT2D eigenvalue weighted by Crippen LogP contribution is -2.36. The van der Waals surface area contributed by atoms with Crippen LogP contribution in [-0.2, 0) is 11.3 Å². The van der Waals surface area contributed by atoms with Crippen molar-refractivity contribution in [3.05, 3.63) is 15.3 Å². The van der Waals surface area contributed by atoms with Crippen LogP contribution in [0.25, 0.3) is 0 Å². The quantitative estimate of drug-likeness (QED) is 0.779. The van der Waals surface area contributed by atoms with Gasteiger partial charge in [-0.1, -0.05) is 0 Å². The Morgan fingerprint density at radius 2 is 1.94 bits per heavy atom. The van der Waals surface area contributed by atoms with E-state index in [4.69, 9.17) is 12.2 Å². The van der Waals surface area contributed by atoms with E-state index in [2.05, 4.69) is 10.2 Å². The van der Waals surface area contributed by atoms with Crippen LogP contribution in [-0.4, -0.2) is 38.7 Å². The summed E-state index contributed by atoms with van der Waals surface area (Å²) in [6.45, 7) is 2.02. The number of piperidine rings is 1. The second-order valence-corrected chi connectivity index (χ2v) is 4.59. The fourth-order valence-corrected chi connectivity index (χ4v) is 2.27. The Labute approximate surface area is 104 Å². The van der Waals surface area contributed by atoms with Crippen LogP contribution in [0.15, 0.2) is 4.79 Å². The Morgan fingerprint density at radius 1 is 1.24 bits per heavy atom. The third-order valence-corrected chi connectivity index (χ3v) is 3.35. The van der Waals surface area contributed by atoms with Crippen molar-refractivity contribution in [1.29, 1.82) is 0 Å². The molecule has 17 heavy (non-hydrogen) atoms. The number of hydrogen-bond donors (Lipinski definition) is 2. The predicted molar refractivity (Wildman–Crippen MR) is 65.3 cm³/mol. The summed E-state index contributed by atoms with van der Waals surface area (Å²) in [5.74, 6) is 0.104. The average molecular weight is 256 g/mol. The third kappa shape index (κ3) is 2.85. The van der Waals surface area contributed by atoms with Gasteiger partial charge in [-0.15, -0.1) is 0 Å². The summed E-state index contributed by atoms with van der Waals surface area (Å²) in [6, 6.07) is 0. The maximum Gasteiger partial charge on any atom is 0.342 e. The molecule has 0 aromatic carbocycles. The number of likely N-dealkylation sites (tertiary alicyclic amines) is 1. The number of carbonyl (C=O) groups excluding carboxylic acids is 1. The molecule has 2 N–H and O–H groups in total. The first-order chi connectivity index (χ1) is 8.18. The normalized spacial score (nSPS) is 16.1. The number of aromatic nitrogens is 3. The molecule has 0 bridgehead atoms. The molecule has 94 valence electrons. The van der Waals surface area contributed by atoms with Crippen LogP contribution in [0.2, 0.25) is 0 Å². The van der Waals surface area contributed by atoms with E-state index in [-0.39, 0.29) is 11.6 Å². The van der Waals surface area contributed by atoms with Crippen molar-refractivity contribution < 1.29 is 4.79 Å². The van der Waals surface area contributed by atoms with Gasteiger partial charge in [0.1, 0.15) is 0 Å². The lowest BCUT2D eigenvalue weighted by Gasteiger charge is -2.26. The van der Waals surface area contributed by atoms with Crippen molar-refractivity contribution in [1.82, 2.24) is 19.7 Å². The molecule has 1 aliphatic heterocycles. The molecule has 1 fully saturated rings. The first-order valence-electron chi connectivity index (χ1n) is 5.84. The van der Waals surface area contributed by atoms with Crippen LogP contribution in [0.1, 0.15) is 25.7 Å². The lowest BCUT2D eigenvalue weighted by atomic mass is 10.1. The number of hydrogen-bond acceptors (Lipinski definition) is 3. The molecule has 0 saturated carbocycles. The summed E-state index contributed by atoms with van der Waals surface area (Å²) in [5.41, 5.74) is -0.290. The van der Waals surface area contributed by atoms with E-state index in [9.17, 15) is 9.59 Å². The van der Waals surface area contributed by atoms with Crippen LogP contribution in [0.3, 0.4) is 0 Å². The Balaban J connectivity index is 1.92. The van der Waals surface area contributed by atoms with E-state index in [1.807, 2.05) is 4.90 Å². The van der Waals surface area contributed by atoms with Crippen LogP contribution >= 0.6 is 12.2 Å². The van der Waals surface area contributed by atoms with Gasteiger partial charge in [0.2, 0.25) is 5.91 Å². The zero-order valence-corrected chi connectivity index (χ0v) is 10.4. The van der Waals surface area contributed by atoms with Gasteiger partial charge in [0.25, 0.3) is 0 Å². The second kappa shape index (κ2) is 5.31. The molecular formula is C10H16N4O2S. The van der Waals surface area contributed by atoms with Crippen molar-refractivity contribution >= 4 is 18.1 Å². The Hall–Kier alpha value is -1.37. The molecule has 1 aliphatic rings. The molecule has 1 saturated heterocycles. The highest BCUT2D eigenvalue weighted by Crippen LogP contribution is 2.09. The van der Waals surface area contributed by atoms with Gasteiger partial charge in [-0.3, -0.25) is 14.5 Å². The van der Waals surface area contributed by atoms with Gasteiger partial charge in [-0.2, -0.15) is 0 Å². The number of rotatable bonds is 3. The molecule has 1 amide bonds. The third-order valence-electron chi connectivity index (χ3n) is 3.02. The van der Waals surface area contributed by atoms with Crippen molar-refractivity contribution in [3.63, 3.8) is 0 Å². The van der Waals surface area contributed by atoms with Gasteiger partial charge in [0.15, 0.2) is 4.77 Å². The van der Waals surface area contributed by atoms with Gasteiger partial charge in [0, 0.05) is 26.1 Å². The smallest absolute Gasteiger partial charge is 0.342 e. The fraction of sp³-hybridized carbons (Fsp3) is 0.700. The molecule has 0 atom stereocenters. The highest BCUT2D eigenvalue weighted by Gasteiger charge is 2.16. The van der Waals surface area contributed by atoms with Gasteiger partial charge >= 0.3 is 5.69 Å². The molecule has 1 aromatic heterocycles. The highest BCUT2D eigenvalue weighted by atomic mass is 32.1. The van der Waals surface area contributed by atoms with E-state index in [1.54, 1.807) is 0 Å². The average Bonchev–Trinajstić information content (AvgIpc) is 2.67. The minimum atomic E-state index is -0.290. The maximum absolute atomic E-state index is 11.9. The van der Waals surface area contributed by atoms with Gasteiger partial charge in [-0.05, 0) is 31.5 Å². The van der Waals surface area contributed by atoms with Crippen molar-refractivity contribution in [3.8, 4) is 0 Å². The topological polar surface area (TPSA) is 73.9 Å². The Bertz CT molecular complexity index is 467. The Kier molecular flexibility index (Phi) is 3.78. The van der Waals surface area contributed by atoms with Crippen LogP contribution in [0.5, 0.6) is 0 Å². The minimum Gasteiger partial charge on any atom is -0.343 e. The van der Waals surface area contributed by atoms with Gasteiger partial charge < -0.3 is 4.90 Å². The summed E-state index contributed by atoms with van der Waals surface area (Å²) in [4.78, 5) is 25.1. The van der Waals surface area contributed by atoms with Crippen LogP contribution in [0, 0.1) is 4.77 Å². The van der Waals surface area contributed by atoms with Gasteiger partial charge in [-0.25, -0.2) is 9.89 Å². The summed E-state index contributed by atoms with van der Waals surface area (Å²) >= 11 is 4.93. The number of carbonyl (C=O) groups is 1. The van der Waals surface area contributed by atoms with E-state index < -0.39 is 0 Å². The molecular weight excluding hydrogens is 240 g/mol. The molecule has 2 heterocycles. The number of nitrogens with one attached hydrogen (secondary N) is 2. The van der Waals surface area contributed by atoms with Crippen molar-refractivity contribution in [2.24, 2.45) is 0 Å². The van der Waals surface area contributed by atoms with Crippen molar-refractivity contribution in [2.75, 3.05) is 13.1 Å². The molecule has 7 heteroatoms. The molecule has 6 nitrogen and oxygen atoms in total. The Morgan fingerprint density at radius 3 is 2.53 bits per heavy atom. The molecule has 2 rings (SSSR count).